The first kappa shape index (κ1) is 13.9. The van der Waals surface area contributed by atoms with Crippen LogP contribution in [0.3, 0.4) is 0 Å². The summed E-state index contributed by atoms with van der Waals surface area (Å²) in [7, 11) is -8.39. The highest BCUT2D eigenvalue weighted by molar-refractivity contribution is 14.2. The molecule has 0 amide bonds. The molecule has 0 nitrogen and oxygen atoms in total. The van der Waals surface area contributed by atoms with Crippen LogP contribution in [0.25, 0.3) is 0 Å². The molecule has 0 saturated carbocycles. The highest BCUT2D eigenvalue weighted by Gasteiger charge is 2.65. The largest absolute Gasteiger partial charge is 0.310 e. The maximum absolute atomic E-state index is 12.3. The molecule has 0 fully saturated rings. The van der Waals surface area contributed by atoms with Crippen molar-refractivity contribution in [3.05, 3.63) is 29.8 Å². The predicted molar refractivity (Wildman–Crippen MR) is 66.3 cm³/mol. The van der Waals surface area contributed by atoms with Gasteiger partial charge in [0.05, 0.1) is 0 Å². The summed E-state index contributed by atoms with van der Waals surface area (Å²) in [5.74, 6) is 2.50. The van der Waals surface area contributed by atoms with Crippen LogP contribution in [0.2, 0.25) is 0 Å². The molecule has 1 aromatic rings. The Morgan fingerprint density at radius 1 is 1.00 bits per heavy atom. The molecule has 0 radical (unpaired) electrons. The maximum atomic E-state index is 12.3. The third-order valence-corrected chi connectivity index (χ3v) is 3.54. The van der Waals surface area contributed by atoms with Gasteiger partial charge in [-0.05, 0) is 38.5 Å². The van der Waals surface area contributed by atoms with Crippen LogP contribution in [0.1, 0.15) is 5.56 Å². The molecule has 0 aromatic heterocycles. The Labute approximate surface area is 105 Å². The molecule has 0 spiro atoms. The van der Waals surface area contributed by atoms with Crippen LogP contribution < -0.4 is 0 Å². The van der Waals surface area contributed by atoms with Crippen molar-refractivity contribution < 1.29 is 19.4 Å². The van der Waals surface area contributed by atoms with E-state index in [4.69, 9.17) is 0 Å². The smallest absolute Gasteiger partial charge is 0.0936 e. The standard InChI is InChI=1S/C8H4F5IS2/c9-16(10,11,12,13)8-3-1-7(2-4-8)5-6-15-14/h1-4H. The number of hydrogen-bond acceptors (Lipinski definition) is 1. The lowest BCUT2D eigenvalue weighted by atomic mass is 10.2. The Bertz CT molecular complexity index is 453. The first-order valence-corrected chi connectivity index (χ1v) is 8.97. The topological polar surface area (TPSA) is 0 Å². The SMILES string of the molecule is FS(F)(F)(F)(F)c1ccc(C#CSI)cc1. The molecule has 1 rings (SSSR count). The van der Waals surface area contributed by atoms with E-state index in [2.05, 4.69) is 11.2 Å². The highest BCUT2D eigenvalue weighted by Crippen LogP contribution is 3.02. The van der Waals surface area contributed by atoms with E-state index in [-0.39, 0.29) is 5.56 Å². The van der Waals surface area contributed by atoms with Crippen molar-refractivity contribution >= 4 is 40.4 Å². The van der Waals surface area contributed by atoms with Gasteiger partial charge in [0.25, 0.3) is 0 Å². The molecule has 0 aliphatic heterocycles. The Balaban J connectivity index is 3.16. The second-order valence-electron chi connectivity index (χ2n) is 2.80. The van der Waals surface area contributed by atoms with Crippen molar-refractivity contribution in [3.63, 3.8) is 0 Å². The zero-order valence-corrected chi connectivity index (χ0v) is 11.2. The number of hydrogen-bond donors (Lipinski definition) is 0. The highest BCUT2D eigenvalue weighted by atomic mass is 127. The van der Waals surface area contributed by atoms with Crippen molar-refractivity contribution in [2.45, 2.75) is 4.90 Å². The molecule has 0 saturated heterocycles. The van der Waals surface area contributed by atoms with Crippen LogP contribution in [0.5, 0.6) is 0 Å². The minimum atomic E-state index is -9.54. The third kappa shape index (κ3) is 4.03. The summed E-state index contributed by atoms with van der Waals surface area (Å²) in [5.41, 5.74) is 0.259. The summed E-state index contributed by atoms with van der Waals surface area (Å²) < 4.78 is 61.4. The molecule has 1 aromatic carbocycles. The third-order valence-electron chi connectivity index (χ3n) is 1.53. The molecular formula is C8H4F5IS2. The zero-order valence-electron chi connectivity index (χ0n) is 7.39. The van der Waals surface area contributed by atoms with Crippen LogP contribution in [-0.4, -0.2) is 0 Å². The summed E-state index contributed by atoms with van der Waals surface area (Å²) in [5, 5.41) is 2.54. The fraction of sp³-hybridized carbons (Fsp3) is 0. The second-order valence-corrected chi connectivity index (χ2v) is 6.89. The number of rotatable bonds is 1. The van der Waals surface area contributed by atoms with Gasteiger partial charge in [0.1, 0.15) is 4.90 Å². The second kappa shape index (κ2) is 3.68. The molecule has 0 heterocycles. The molecule has 8 heteroatoms. The van der Waals surface area contributed by atoms with Crippen LogP contribution >= 0.6 is 40.4 Å². The van der Waals surface area contributed by atoms with Gasteiger partial charge in [-0.2, -0.15) is 0 Å². The summed E-state index contributed by atoms with van der Waals surface area (Å²) in [6.45, 7) is 0. The molecule has 16 heavy (non-hydrogen) atoms. The Morgan fingerprint density at radius 3 is 1.88 bits per heavy atom. The van der Waals surface area contributed by atoms with Crippen molar-refractivity contribution in [1.82, 2.24) is 0 Å². The van der Waals surface area contributed by atoms with Gasteiger partial charge in [-0.3, -0.25) is 0 Å². The van der Waals surface area contributed by atoms with Gasteiger partial charge in [0, 0.05) is 26.8 Å². The lowest BCUT2D eigenvalue weighted by molar-refractivity contribution is 0.364. The molecule has 90 valence electrons. The van der Waals surface area contributed by atoms with Crippen molar-refractivity contribution in [2.24, 2.45) is 0 Å². The zero-order chi connectivity index (χ0) is 12.5. The van der Waals surface area contributed by atoms with Crippen molar-refractivity contribution in [1.29, 1.82) is 0 Å². The van der Waals surface area contributed by atoms with Gasteiger partial charge in [0.15, 0.2) is 0 Å². The number of halogens is 6. The van der Waals surface area contributed by atoms with E-state index in [0.717, 1.165) is 21.1 Å². The Kier molecular flexibility index (Phi) is 3.20. The summed E-state index contributed by atoms with van der Waals surface area (Å²) in [6, 6.07) is 2.55. The lowest BCUT2D eigenvalue weighted by Crippen LogP contribution is -2.05. The molecular weight excluding hydrogens is 382 g/mol. The van der Waals surface area contributed by atoms with Crippen molar-refractivity contribution in [2.75, 3.05) is 0 Å². The van der Waals surface area contributed by atoms with E-state index in [9.17, 15) is 19.4 Å². The molecule has 0 atom stereocenters. The predicted octanol–water partition coefficient (Wildman–Crippen LogP) is 5.74. The van der Waals surface area contributed by atoms with Crippen molar-refractivity contribution in [3.8, 4) is 11.2 Å². The molecule has 0 aliphatic carbocycles. The fourth-order valence-corrected chi connectivity index (χ4v) is 2.01. The minimum Gasteiger partial charge on any atom is -0.0936 e. The summed E-state index contributed by atoms with van der Waals surface area (Å²) in [6.07, 6.45) is 0. The van der Waals surface area contributed by atoms with Gasteiger partial charge >= 0.3 is 10.2 Å². The monoisotopic (exact) mass is 386 g/mol. The van der Waals surface area contributed by atoms with Crippen LogP contribution in [0.4, 0.5) is 19.4 Å². The molecule has 0 aliphatic rings. The van der Waals surface area contributed by atoms with E-state index < -0.39 is 15.1 Å². The summed E-state index contributed by atoms with van der Waals surface area (Å²) >= 11 is 1.89. The van der Waals surface area contributed by atoms with Gasteiger partial charge in [-0.1, -0.05) is 25.3 Å². The van der Waals surface area contributed by atoms with Crippen LogP contribution in [0, 0.1) is 11.2 Å². The van der Waals surface area contributed by atoms with E-state index in [1.807, 2.05) is 21.2 Å². The van der Waals surface area contributed by atoms with E-state index in [1.165, 1.54) is 0 Å². The maximum Gasteiger partial charge on any atom is 0.310 e. The number of benzene rings is 1. The fourth-order valence-electron chi connectivity index (χ4n) is 0.874. The lowest BCUT2D eigenvalue weighted by Gasteiger charge is -2.40. The Morgan fingerprint density at radius 2 is 1.50 bits per heavy atom. The van der Waals surface area contributed by atoms with Gasteiger partial charge < -0.3 is 0 Å². The minimum absolute atomic E-state index is 0.259. The molecule has 0 N–H and O–H groups in total. The first-order chi connectivity index (χ1) is 7.03. The van der Waals surface area contributed by atoms with Gasteiger partial charge in [-0.15, -0.1) is 0 Å². The normalized spacial score (nSPS) is 15.6. The van der Waals surface area contributed by atoms with E-state index >= 15 is 0 Å². The van der Waals surface area contributed by atoms with Gasteiger partial charge in [0.2, 0.25) is 0 Å². The molecule has 0 bridgehead atoms. The van der Waals surface area contributed by atoms with Gasteiger partial charge in [-0.25, -0.2) is 0 Å². The molecule has 0 unspecified atom stereocenters. The average molecular weight is 386 g/mol. The quantitative estimate of drug-likeness (QED) is 0.337. The van der Waals surface area contributed by atoms with Crippen LogP contribution in [-0.2, 0) is 0 Å². The van der Waals surface area contributed by atoms with E-state index in [0.29, 0.717) is 12.1 Å². The van der Waals surface area contributed by atoms with E-state index in [1.54, 1.807) is 0 Å². The first-order valence-electron chi connectivity index (χ1n) is 3.66. The van der Waals surface area contributed by atoms with Crippen LogP contribution in [0.15, 0.2) is 29.2 Å². The summed E-state index contributed by atoms with van der Waals surface area (Å²) in [4.78, 5) is -1.90. The average Bonchev–Trinajstić information content (AvgIpc) is 2.12. The Hall–Kier alpha value is -0.140.